The van der Waals surface area contributed by atoms with Crippen LogP contribution in [0.1, 0.15) is 24.1 Å². The van der Waals surface area contributed by atoms with Crippen molar-refractivity contribution in [2.75, 3.05) is 45.2 Å². The molecule has 0 spiro atoms. The summed E-state index contributed by atoms with van der Waals surface area (Å²) in [5.41, 5.74) is 7.57. The van der Waals surface area contributed by atoms with Gasteiger partial charge >= 0.3 is 0 Å². The molecule has 0 atom stereocenters. The summed E-state index contributed by atoms with van der Waals surface area (Å²) < 4.78 is 12.9. The highest BCUT2D eigenvalue weighted by atomic mass is 16.5. The lowest BCUT2D eigenvalue weighted by Crippen LogP contribution is -2.36. The van der Waals surface area contributed by atoms with Gasteiger partial charge in [-0.1, -0.05) is 12.1 Å². The molecule has 1 saturated heterocycles. The molecule has 0 bridgehead atoms. The number of nitrogen functional groups attached to an aromatic ring is 1. The standard InChI is InChI=1S/C19H27N5O2/c1-16-15-24(19(20)22-16)21-14-17-6-2-3-7-18(17)26-11-5-4-8-23-9-12-25-13-10-23/h2-3,6-7,14-15H,4-5,8-13H2,1H3,(H2,20,22). The van der Waals surface area contributed by atoms with Crippen molar-refractivity contribution in [3.63, 3.8) is 0 Å². The highest BCUT2D eigenvalue weighted by Gasteiger charge is 2.09. The Labute approximate surface area is 154 Å². The number of hydrogen-bond donors (Lipinski definition) is 1. The number of para-hydroxylation sites is 1. The SMILES string of the molecule is Cc1cn(N=Cc2ccccc2OCCCCN2CCOCC2)c(N)n1. The first-order valence-corrected chi connectivity index (χ1v) is 9.10. The number of aryl methyl sites for hydroxylation is 1. The minimum atomic E-state index is 0.375. The fourth-order valence-electron chi connectivity index (χ4n) is 2.88. The van der Waals surface area contributed by atoms with Gasteiger partial charge in [0.25, 0.3) is 0 Å². The van der Waals surface area contributed by atoms with Crippen LogP contribution in [0.25, 0.3) is 0 Å². The highest BCUT2D eigenvalue weighted by molar-refractivity contribution is 5.83. The quantitative estimate of drug-likeness (QED) is 0.578. The Morgan fingerprint density at radius 3 is 2.85 bits per heavy atom. The molecule has 2 heterocycles. The van der Waals surface area contributed by atoms with E-state index < -0.39 is 0 Å². The lowest BCUT2D eigenvalue weighted by molar-refractivity contribution is 0.0368. The van der Waals surface area contributed by atoms with Crippen molar-refractivity contribution in [2.45, 2.75) is 19.8 Å². The second-order valence-electron chi connectivity index (χ2n) is 6.38. The fourth-order valence-corrected chi connectivity index (χ4v) is 2.88. The maximum absolute atomic E-state index is 5.96. The van der Waals surface area contributed by atoms with Crippen LogP contribution in [-0.2, 0) is 4.74 Å². The lowest BCUT2D eigenvalue weighted by Gasteiger charge is -2.26. The molecule has 26 heavy (non-hydrogen) atoms. The van der Waals surface area contributed by atoms with Crippen LogP contribution in [0.5, 0.6) is 5.75 Å². The maximum Gasteiger partial charge on any atom is 0.221 e. The van der Waals surface area contributed by atoms with Crippen molar-refractivity contribution < 1.29 is 9.47 Å². The zero-order valence-corrected chi connectivity index (χ0v) is 15.3. The number of morpholine rings is 1. The van der Waals surface area contributed by atoms with E-state index in [2.05, 4.69) is 15.0 Å². The molecular weight excluding hydrogens is 330 g/mol. The molecule has 0 amide bonds. The molecule has 1 fully saturated rings. The van der Waals surface area contributed by atoms with E-state index >= 15 is 0 Å². The number of rotatable bonds is 8. The van der Waals surface area contributed by atoms with Gasteiger partial charge in [0.1, 0.15) is 5.75 Å². The molecule has 2 N–H and O–H groups in total. The molecule has 0 unspecified atom stereocenters. The van der Waals surface area contributed by atoms with Crippen LogP contribution in [0.4, 0.5) is 5.95 Å². The van der Waals surface area contributed by atoms with E-state index in [0.29, 0.717) is 12.6 Å². The van der Waals surface area contributed by atoms with Gasteiger partial charge in [0, 0.05) is 18.7 Å². The molecule has 140 valence electrons. The van der Waals surface area contributed by atoms with Gasteiger partial charge in [0.2, 0.25) is 5.95 Å². The Kier molecular flexibility index (Phi) is 6.62. The zero-order chi connectivity index (χ0) is 18.2. The summed E-state index contributed by atoms with van der Waals surface area (Å²) in [7, 11) is 0. The van der Waals surface area contributed by atoms with Crippen LogP contribution in [0, 0.1) is 6.92 Å². The number of anilines is 1. The van der Waals surface area contributed by atoms with Crippen LogP contribution in [-0.4, -0.2) is 60.2 Å². The van der Waals surface area contributed by atoms with E-state index in [0.717, 1.165) is 62.7 Å². The molecule has 0 saturated carbocycles. The molecule has 1 aromatic heterocycles. The van der Waals surface area contributed by atoms with Crippen molar-refractivity contribution in [1.82, 2.24) is 14.6 Å². The summed E-state index contributed by atoms with van der Waals surface area (Å²) in [5.74, 6) is 1.21. The number of ether oxygens (including phenoxy) is 2. The average molecular weight is 357 g/mol. The predicted molar refractivity (Wildman–Crippen MR) is 103 cm³/mol. The third kappa shape index (κ3) is 5.31. The van der Waals surface area contributed by atoms with E-state index in [4.69, 9.17) is 15.2 Å². The predicted octanol–water partition coefficient (Wildman–Crippen LogP) is 2.15. The van der Waals surface area contributed by atoms with E-state index in [1.165, 1.54) is 0 Å². The van der Waals surface area contributed by atoms with Crippen LogP contribution in [0.2, 0.25) is 0 Å². The number of nitrogens with two attached hydrogens (primary N) is 1. The second-order valence-corrected chi connectivity index (χ2v) is 6.38. The minimum absolute atomic E-state index is 0.375. The Balaban J connectivity index is 1.48. The average Bonchev–Trinajstić information content (AvgIpc) is 2.98. The molecule has 1 aliphatic rings. The van der Waals surface area contributed by atoms with Crippen LogP contribution < -0.4 is 10.5 Å². The van der Waals surface area contributed by atoms with E-state index in [-0.39, 0.29) is 0 Å². The van der Waals surface area contributed by atoms with E-state index in [1.807, 2.05) is 31.2 Å². The third-order valence-corrected chi connectivity index (χ3v) is 4.30. The second kappa shape index (κ2) is 9.35. The summed E-state index contributed by atoms with van der Waals surface area (Å²) >= 11 is 0. The summed E-state index contributed by atoms with van der Waals surface area (Å²) in [6.07, 6.45) is 5.69. The molecule has 0 aliphatic carbocycles. The Hall–Kier alpha value is -2.38. The Morgan fingerprint density at radius 2 is 2.08 bits per heavy atom. The molecule has 0 radical (unpaired) electrons. The Bertz CT molecular complexity index is 722. The number of imidazole rings is 1. The van der Waals surface area contributed by atoms with E-state index in [1.54, 1.807) is 17.1 Å². The summed E-state index contributed by atoms with van der Waals surface area (Å²) in [5, 5.41) is 4.37. The molecule has 7 nitrogen and oxygen atoms in total. The van der Waals surface area contributed by atoms with Crippen LogP contribution >= 0.6 is 0 Å². The van der Waals surface area contributed by atoms with Crippen molar-refractivity contribution in [1.29, 1.82) is 0 Å². The van der Waals surface area contributed by atoms with Gasteiger partial charge in [0.15, 0.2) is 0 Å². The first-order valence-electron chi connectivity index (χ1n) is 9.10. The maximum atomic E-state index is 5.96. The highest BCUT2D eigenvalue weighted by Crippen LogP contribution is 2.17. The topological polar surface area (TPSA) is 77.9 Å². The van der Waals surface area contributed by atoms with Crippen LogP contribution in [0.15, 0.2) is 35.6 Å². The zero-order valence-electron chi connectivity index (χ0n) is 15.3. The molecule has 7 heteroatoms. The number of hydrogen-bond acceptors (Lipinski definition) is 6. The number of nitrogens with zero attached hydrogens (tertiary/aromatic N) is 4. The van der Waals surface area contributed by atoms with Gasteiger partial charge in [-0.25, -0.2) is 9.66 Å². The normalized spacial score (nSPS) is 15.6. The molecule has 3 rings (SSSR count). The number of aromatic nitrogens is 2. The van der Waals surface area contributed by atoms with Gasteiger partial charge in [-0.3, -0.25) is 4.90 Å². The molecule has 2 aromatic rings. The molecular formula is C19H27N5O2. The molecule has 1 aliphatic heterocycles. The lowest BCUT2D eigenvalue weighted by atomic mass is 10.2. The molecule has 1 aromatic carbocycles. The summed E-state index contributed by atoms with van der Waals surface area (Å²) in [6.45, 7) is 7.47. The third-order valence-electron chi connectivity index (χ3n) is 4.30. The first-order chi connectivity index (χ1) is 12.7. The van der Waals surface area contributed by atoms with Crippen molar-refractivity contribution in [3.05, 3.63) is 41.7 Å². The van der Waals surface area contributed by atoms with Gasteiger partial charge in [-0.15, -0.1) is 0 Å². The minimum Gasteiger partial charge on any atom is -0.493 e. The largest absolute Gasteiger partial charge is 0.493 e. The summed E-state index contributed by atoms with van der Waals surface area (Å²) in [4.78, 5) is 6.58. The fraction of sp³-hybridized carbons (Fsp3) is 0.474. The number of benzene rings is 1. The van der Waals surface area contributed by atoms with Gasteiger partial charge in [-0.05, 0) is 38.4 Å². The van der Waals surface area contributed by atoms with E-state index in [9.17, 15) is 0 Å². The first kappa shape index (κ1) is 18.4. The van der Waals surface area contributed by atoms with Gasteiger partial charge in [0.05, 0.1) is 37.9 Å². The Morgan fingerprint density at radius 1 is 1.27 bits per heavy atom. The van der Waals surface area contributed by atoms with Crippen molar-refractivity contribution in [2.24, 2.45) is 5.10 Å². The van der Waals surface area contributed by atoms with Crippen molar-refractivity contribution in [3.8, 4) is 5.75 Å². The van der Waals surface area contributed by atoms with Crippen molar-refractivity contribution >= 4 is 12.2 Å². The number of unbranched alkanes of at least 4 members (excludes halogenated alkanes) is 1. The van der Waals surface area contributed by atoms with Gasteiger partial charge in [-0.2, -0.15) is 5.10 Å². The van der Waals surface area contributed by atoms with Gasteiger partial charge < -0.3 is 15.2 Å². The monoisotopic (exact) mass is 357 g/mol. The smallest absolute Gasteiger partial charge is 0.221 e. The van der Waals surface area contributed by atoms with Crippen LogP contribution in [0.3, 0.4) is 0 Å². The summed E-state index contributed by atoms with van der Waals surface area (Å²) in [6, 6.07) is 7.88.